The Balaban J connectivity index is 1.61. The van der Waals surface area contributed by atoms with Gasteiger partial charge in [0.05, 0.1) is 11.1 Å². The molecule has 1 amide bonds. The zero-order chi connectivity index (χ0) is 22.2. The van der Waals surface area contributed by atoms with Crippen molar-refractivity contribution in [2.45, 2.75) is 17.2 Å². The minimum atomic E-state index is -3.82. The van der Waals surface area contributed by atoms with Gasteiger partial charge in [0.2, 0.25) is 15.9 Å². The zero-order valence-corrected chi connectivity index (χ0v) is 17.6. The molecule has 1 aromatic heterocycles. The third-order valence-electron chi connectivity index (χ3n) is 4.97. The van der Waals surface area contributed by atoms with Gasteiger partial charge >= 0.3 is 0 Å². The molecule has 3 aromatic rings. The number of hydrogen-bond donors (Lipinski definition) is 1. The van der Waals surface area contributed by atoms with Crippen LogP contribution in [-0.2, 0) is 14.8 Å². The Labute approximate surface area is 183 Å². The van der Waals surface area contributed by atoms with Crippen LogP contribution in [0.4, 0.5) is 10.1 Å². The SMILES string of the molecule is NS(=O)(=O)c1ccc(N2C[C@@H](c3ccc(Cl)cc3Oc3ccncc3F)CC2=O)cc1. The van der Waals surface area contributed by atoms with Gasteiger partial charge in [-0.2, -0.15) is 0 Å². The number of anilines is 1. The second-order valence-electron chi connectivity index (χ2n) is 7.03. The molecule has 0 radical (unpaired) electrons. The van der Waals surface area contributed by atoms with E-state index in [1.807, 2.05) is 0 Å². The number of hydrogen-bond acceptors (Lipinski definition) is 5. The number of carbonyl (C=O) groups excluding carboxylic acids is 1. The molecular formula is C21H17ClFN3O4S. The van der Waals surface area contributed by atoms with E-state index >= 15 is 0 Å². The van der Waals surface area contributed by atoms with Gasteiger partial charge in [-0.1, -0.05) is 17.7 Å². The molecular weight excluding hydrogens is 445 g/mol. The van der Waals surface area contributed by atoms with Crippen LogP contribution >= 0.6 is 11.6 Å². The molecule has 4 rings (SSSR count). The van der Waals surface area contributed by atoms with Gasteiger partial charge in [-0.3, -0.25) is 9.78 Å². The Hall–Kier alpha value is -3.01. The van der Waals surface area contributed by atoms with Crippen molar-refractivity contribution >= 4 is 33.2 Å². The molecule has 1 saturated heterocycles. The lowest BCUT2D eigenvalue weighted by molar-refractivity contribution is -0.117. The van der Waals surface area contributed by atoms with Gasteiger partial charge in [-0.15, -0.1) is 0 Å². The Bertz CT molecular complexity index is 1250. The second-order valence-corrected chi connectivity index (χ2v) is 9.03. The first-order valence-corrected chi connectivity index (χ1v) is 11.1. The fourth-order valence-corrected chi connectivity index (χ4v) is 4.16. The van der Waals surface area contributed by atoms with Crippen LogP contribution in [0.2, 0.25) is 5.02 Å². The first-order chi connectivity index (χ1) is 14.7. The highest BCUT2D eigenvalue weighted by molar-refractivity contribution is 7.89. The Morgan fingerprint density at radius 1 is 1.13 bits per heavy atom. The van der Waals surface area contributed by atoms with Crippen molar-refractivity contribution in [1.29, 1.82) is 0 Å². The summed E-state index contributed by atoms with van der Waals surface area (Å²) in [6.07, 6.45) is 2.66. The molecule has 0 saturated carbocycles. The van der Waals surface area contributed by atoms with Gasteiger partial charge in [0, 0.05) is 47.4 Å². The van der Waals surface area contributed by atoms with E-state index in [9.17, 15) is 17.6 Å². The first kappa shape index (κ1) is 21.2. The zero-order valence-electron chi connectivity index (χ0n) is 16.0. The number of carbonyl (C=O) groups is 1. The van der Waals surface area contributed by atoms with Crippen LogP contribution in [0.25, 0.3) is 0 Å². The molecule has 1 fully saturated rings. The predicted octanol–water partition coefficient (Wildman–Crippen LogP) is 3.83. The lowest BCUT2D eigenvalue weighted by Crippen LogP contribution is -2.24. The Morgan fingerprint density at radius 2 is 1.87 bits per heavy atom. The maximum absolute atomic E-state index is 14.0. The molecule has 0 spiro atoms. The molecule has 2 aromatic carbocycles. The number of ether oxygens (including phenoxy) is 1. The summed E-state index contributed by atoms with van der Waals surface area (Å²) in [5.41, 5.74) is 1.26. The summed E-state index contributed by atoms with van der Waals surface area (Å²) < 4.78 is 42.7. The number of benzene rings is 2. The number of nitrogens with zero attached hydrogens (tertiary/aromatic N) is 2. The van der Waals surface area contributed by atoms with E-state index in [0.717, 1.165) is 6.20 Å². The molecule has 1 aliphatic rings. The van der Waals surface area contributed by atoms with Crippen molar-refractivity contribution in [2.75, 3.05) is 11.4 Å². The molecule has 1 atom stereocenters. The molecule has 10 heteroatoms. The number of nitrogens with two attached hydrogens (primary N) is 1. The Morgan fingerprint density at radius 3 is 2.55 bits per heavy atom. The first-order valence-electron chi connectivity index (χ1n) is 9.22. The number of pyridine rings is 1. The molecule has 2 heterocycles. The van der Waals surface area contributed by atoms with E-state index in [2.05, 4.69) is 4.98 Å². The number of amides is 1. The molecule has 1 aliphatic heterocycles. The molecule has 0 aliphatic carbocycles. The average Bonchev–Trinajstić information content (AvgIpc) is 3.11. The van der Waals surface area contributed by atoms with Gasteiger partial charge in [-0.05, 0) is 36.4 Å². The molecule has 160 valence electrons. The summed E-state index contributed by atoms with van der Waals surface area (Å²) in [5, 5.41) is 5.53. The van der Waals surface area contributed by atoms with Crippen LogP contribution in [0.1, 0.15) is 17.9 Å². The van der Waals surface area contributed by atoms with Gasteiger partial charge < -0.3 is 9.64 Å². The monoisotopic (exact) mass is 461 g/mol. The summed E-state index contributed by atoms with van der Waals surface area (Å²) in [6, 6.07) is 12.2. The van der Waals surface area contributed by atoms with E-state index in [-0.39, 0.29) is 28.9 Å². The van der Waals surface area contributed by atoms with Crippen molar-refractivity contribution in [3.05, 3.63) is 77.3 Å². The normalized spacial score (nSPS) is 16.5. The molecule has 0 bridgehead atoms. The predicted molar refractivity (Wildman–Crippen MR) is 113 cm³/mol. The number of rotatable bonds is 5. The van der Waals surface area contributed by atoms with Gasteiger partial charge in [0.15, 0.2) is 11.6 Å². The summed E-state index contributed by atoms with van der Waals surface area (Å²) in [6.45, 7) is 0.338. The largest absolute Gasteiger partial charge is 0.454 e. The topological polar surface area (TPSA) is 103 Å². The van der Waals surface area contributed by atoms with Gasteiger partial charge in [-0.25, -0.2) is 17.9 Å². The van der Waals surface area contributed by atoms with Crippen LogP contribution in [0.3, 0.4) is 0 Å². The van der Waals surface area contributed by atoms with Gasteiger partial charge in [0.1, 0.15) is 5.75 Å². The van der Waals surface area contributed by atoms with Crippen LogP contribution < -0.4 is 14.8 Å². The van der Waals surface area contributed by atoms with Gasteiger partial charge in [0.25, 0.3) is 0 Å². The maximum Gasteiger partial charge on any atom is 0.238 e. The lowest BCUT2D eigenvalue weighted by atomic mass is 9.97. The van der Waals surface area contributed by atoms with Crippen LogP contribution in [0, 0.1) is 5.82 Å². The van der Waals surface area contributed by atoms with Crippen molar-refractivity contribution in [3.63, 3.8) is 0 Å². The minimum Gasteiger partial charge on any atom is -0.454 e. The number of aromatic nitrogens is 1. The quantitative estimate of drug-likeness (QED) is 0.622. The second kappa shape index (κ2) is 8.26. The fraction of sp³-hybridized carbons (Fsp3) is 0.143. The minimum absolute atomic E-state index is 0.00159. The maximum atomic E-state index is 14.0. The smallest absolute Gasteiger partial charge is 0.238 e. The molecule has 31 heavy (non-hydrogen) atoms. The number of primary sulfonamides is 1. The van der Waals surface area contributed by atoms with E-state index in [0.29, 0.717) is 28.6 Å². The fourth-order valence-electron chi connectivity index (χ4n) is 3.48. The van der Waals surface area contributed by atoms with Crippen LogP contribution in [0.15, 0.2) is 65.8 Å². The van der Waals surface area contributed by atoms with Crippen molar-refractivity contribution < 1.29 is 22.3 Å². The summed E-state index contributed by atoms with van der Waals surface area (Å²) in [5.74, 6) is -0.639. The lowest BCUT2D eigenvalue weighted by Gasteiger charge is -2.19. The van der Waals surface area contributed by atoms with Crippen molar-refractivity contribution in [3.8, 4) is 11.5 Å². The molecule has 7 nitrogen and oxygen atoms in total. The molecule has 0 unspecified atom stereocenters. The number of halogens is 2. The third-order valence-corrected chi connectivity index (χ3v) is 6.14. The summed E-state index contributed by atoms with van der Waals surface area (Å²) in [4.78, 5) is 17.9. The van der Waals surface area contributed by atoms with E-state index in [1.54, 1.807) is 23.1 Å². The summed E-state index contributed by atoms with van der Waals surface area (Å²) >= 11 is 6.11. The van der Waals surface area contributed by atoms with E-state index in [4.69, 9.17) is 21.5 Å². The average molecular weight is 462 g/mol. The van der Waals surface area contributed by atoms with Crippen LogP contribution in [0.5, 0.6) is 11.5 Å². The van der Waals surface area contributed by atoms with Crippen molar-refractivity contribution in [1.82, 2.24) is 4.98 Å². The van der Waals surface area contributed by atoms with E-state index in [1.165, 1.54) is 36.5 Å². The molecule has 2 N–H and O–H groups in total. The standard InChI is InChI=1S/C21H17ClFN3O4S/c22-14-1-6-17(20(10-14)30-19-7-8-25-11-18(19)23)13-9-21(27)26(12-13)15-2-4-16(5-3-15)31(24,28)29/h1-8,10-11,13H,9,12H2,(H2,24,28,29)/t13-/m0/s1. The van der Waals surface area contributed by atoms with Crippen LogP contribution in [-0.4, -0.2) is 25.9 Å². The highest BCUT2D eigenvalue weighted by Gasteiger charge is 2.33. The summed E-state index contributed by atoms with van der Waals surface area (Å²) in [7, 11) is -3.82. The number of sulfonamides is 1. The third kappa shape index (κ3) is 4.53. The highest BCUT2D eigenvalue weighted by Crippen LogP contribution is 2.39. The Kier molecular flexibility index (Phi) is 5.65. The highest BCUT2D eigenvalue weighted by atomic mass is 35.5. The van der Waals surface area contributed by atoms with Crippen molar-refractivity contribution in [2.24, 2.45) is 5.14 Å². The van der Waals surface area contributed by atoms with E-state index < -0.39 is 15.8 Å².